The van der Waals surface area contributed by atoms with Crippen LogP contribution in [0.1, 0.15) is 81.9 Å². The minimum absolute atomic E-state index is 0.131. The Morgan fingerprint density at radius 3 is 2.14 bits per heavy atom. The summed E-state index contributed by atoms with van der Waals surface area (Å²) in [5.74, 6) is -2.17. The summed E-state index contributed by atoms with van der Waals surface area (Å²) in [5.41, 5.74) is -1.96. The normalized spacial score (nSPS) is 22.6. The van der Waals surface area contributed by atoms with Crippen molar-refractivity contribution in [3.63, 3.8) is 0 Å². The van der Waals surface area contributed by atoms with Gasteiger partial charge in [-0.15, -0.1) is 0 Å². The number of piperidine rings is 2. The number of hydrogen-bond donors (Lipinski definition) is 0. The number of amides is 1. The van der Waals surface area contributed by atoms with Crippen molar-refractivity contribution in [1.82, 2.24) is 9.80 Å². The molecular formula is C38H49F4N3O6. The van der Waals surface area contributed by atoms with Gasteiger partial charge in [-0.25, -0.2) is 4.39 Å². The first kappa shape index (κ1) is 38.4. The van der Waals surface area contributed by atoms with Crippen LogP contribution in [0.25, 0.3) is 0 Å². The van der Waals surface area contributed by atoms with Crippen LogP contribution in [-0.2, 0) is 30.0 Å². The standard InChI is InChI=1S/C38H49F4N3O6/c1-6-50-34(47)27-15-17-44(18-16-27)32-21-28(38(40,41)42)9-12-30(32)25-13-19-45(20-14-25)35(48)37(39)24-43(23-33(46)51-36(2,3)4)22-31(37)26-7-10-29(49-5)11-8-26/h7-12,21,25,27,31H,6,13-20,22-24H2,1-5H3/t31-,37-/m0/s1. The number of carbonyl (C=O) groups is 3. The zero-order valence-corrected chi connectivity index (χ0v) is 30.1. The van der Waals surface area contributed by atoms with Crippen LogP contribution in [0, 0.1) is 5.92 Å². The van der Waals surface area contributed by atoms with Crippen molar-refractivity contribution in [2.45, 2.75) is 82.7 Å². The second kappa shape index (κ2) is 15.4. The van der Waals surface area contributed by atoms with E-state index in [-0.39, 0.29) is 57.1 Å². The van der Waals surface area contributed by atoms with Crippen molar-refractivity contribution in [3.8, 4) is 5.75 Å². The van der Waals surface area contributed by atoms with E-state index < -0.39 is 40.8 Å². The van der Waals surface area contributed by atoms with Gasteiger partial charge < -0.3 is 24.0 Å². The third kappa shape index (κ3) is 8.96. The predicted octanol–water partition coefficient (Wildman–Crippen LogP) is 6.35. The first-order valence-corrected chi connectivity index (χ1v) is 17.7. The third-order valence-electron chi connectivity index (χ3n) is 10.1. The number of nitrogens with zero attached hydrogens (tertiary/aromatic N) is 3. The van der Waals surface area contributed by atoms with Crippen LogP contribution in [0.2, 0.25) is 0 Å². The summed E-state index contributed by atoms with van der Waals surface area (Å²) in [4.78, 5) is 44.2. The molecule has 3 fully saturated rings. The van der Waals surface area contributed by atoms with Gasteiger partial charge in [0.15, 0.2) is 0 Å². The highest BCUT2D eigenvalue weighted by molar-refractivity contribution is 5.88. The number of carbonyl (C=O) groups excluding carboxylic acids is 3. The number of hydrogen-bond acceptors (Lipinski definition) is 8. The lowest BCUT2D eigenvalue weighted by Crippen LogP contribution is -2.52. The van der Waals surface area contributed by atoms with Gasteiger partial charge in [-0.2, -0.15) is 13.2 Å². The molecule has 1 amide bonds. The second-order valence-electron chi connectivity index (χ2n) is 14.8. The molecule has 0 spiro atoms. The predicted molar refractivity (Wildman–Crippen MR) is 183 cm³/mol. The molecule has 3 aliphatic heterocycles. The van der Waals surface area contributed by atoms with Gasteiger partial charge in [0.05, 0.1) is 31.7 Å². The lowest BCUT2D eigenvalue weighted by Gasteiger charge is -2.39. The fraction of sp³-hybridized carbons (Fsp3) is 0.605. The molecule has 2 aromatic carbocycles. The highest BCUT2D eigenvalue weighted by Crippen LogP contribution is 2.44. The van der Waals surface area contributed by atoms with Crippen LogP contribution >= 0.6 is 0 Å². The van der Waals surface area contributed by atoms with E-state index in [4.69, 9.17) is 14.2 Å². The first-order valence-electron chi connectivity index (χ1n) is 17.7. The molecule has 3 saturated heterocycles. The highest BCUT2D eigenvalue weighted by Gasteiger charge is 2.55. The summed E-state index contributed by atoms with van der Waals surface area (Å²) in [5, 5.41) is 0. The van der Waals surface area contributed by atoms with Gasteiger partial charge in [0.25, 0.3) is 5.91 Å². The van der Waals surface area contributed by atoms with Crippen molar-refractivity contribution >= 4 is 23.5 Å². The number of likely N-dealkylation sites (tertiary alicyclic amines) is 2. The highest BCUT2D eigenvalue weighted by atomic mass is 19.4. The largest absolute Gasteiger partial charge is 0.497 e. The fourth-order valence-corrected chi connectivity index (χ4v) is 7.61. The van der Waals surface area contributed by atoms with E-state index in [1.807, 2.05) is 4.90 Å². The van der Waals surface area contributed by atoms with E-state index in [2.05, 4.69) is 0 Å². The van der Waals surface area contributed by atoms with E-state index in [0.717, 1.165) is 11.6 Å². The SMILES string of the molecule is CCOC(=O)C1CCN(c2cc(C(F)(F)F)ccc2C2CCN(C(=O)[C@]3(F)CN(CC(=O)OC(C)(C)C)C[C@H]3c3ccc(OC)cc3)CC2)CC1. The Balaban J connectivity index is 1.33. The van der Waals surface area contributed by atoms with Crippen molar-refractivity contribution in [1.29, 1.82) is 0 Å². The number of halogens is 4. The molecule has 0 unspecified atom stereocenters. The lowest BCUT2D eigenvalue weighted by atomic mass is 9.83. The zero-order valence-electron chi connectivity index (χ0n) is 30.1. The molecule has 3 heterocycles. The molecule has 2 atom stereocenters. The number of benzene rings is 2. The molecule has 0 saturated carbocycles. The van der Waals surface area contributed by atoms with E-state index in [9.17, 15) is 27.6 Å². The number of anilines is 1. The Labute approximate surface area is 297 Å². The molecule has 0 aromatic heterocycles. The van der Waals surface area contributed by atoms with Gasteiger partial charge >= 0.3 is 18.1 Å². The Morgan fingerprint density at radius 1 is 0.922 bits per heavy atom. The van der Waals surface area contributed by atoms with Crippen molar-refractivity contribution < 1.29 is 46.2 Å². The molecule has 3 aliphatic rings. The fourth-order valence-electron chi connectivity index (χ4n) is 7.61. The number of rotatable bonds is 9. The average Bonchev–Trinajstić information content (AvgIpc) is 3.42. The summed E-state index contributed by atoms with van der Waals surface area (Å²) < 4.78 is 74.8. The van der Waals surface area contributed by atoms with Gasteiger partial charge in [0.2, 0.25) is 5.67 Å². The molecular weight excluding hydrogens is 670 g/mol. The van der Waals surface area contributed by atoms with E-state index in [1.54, 1.807) is 56.9 Å². The summed E-state index contributed by atoms with van der Waals surface area (Å²) in [6.07, 6.45) is -2.70. The molecule has 9 nitrogen and oxygen atoms in total. The van der Waals surface area contributed by atoms with E-state index in [0.29, 0.717) is 55.8 Å². The van der Waals surface area contributed by atoms with E-state index >= 15 is 4.39 Å². The minimum Gasteiger partial charge on any atom is -0.497 e. The van der Waals surface area contributed by atoms with Gasteiger partial charge in [-0.3, -0.25) is 19.3 Å². The number of methoxy groups -OCH3 is 1. The maximum absolute atomic E-state index is 17.3. The lowest BCUT2D eigenvalue weighted by molar-refractivity contribution is -0.156. The topological polar surface area (TPSA) is 88.6 Å². The molecule has 280 valence electrons. The summed E-state index contributed by atoms with van der Waals surface area (Å²) in [6.45, 7) is 8.21. The smallest absolute Gasteiger partial charge is 0.416 e. The third-order valence-corrected chi connectivity index (χ3v) is 10.1. The number of esters is 2. The maximum atomic E-state index is 17.3. The molecule has 0 N–H and O–H groups in total. The summed E-state index contributed by atoms with van der Waals surface area (Å²) in [7, 11) is 1.53. The molecule has 0 bridgehead atoms. The average molecular weight is 720 g/mol. The number of ether oxygens (including phenoxy) is 3. The summed E-state index contributed by atoms with van der Waals surface area (Å²) >= 11 is 0. The molecule has 51 heavy (non-hydrogen) atoms. The van der Waals surface area contributed by atoms with E-state index in [1.165, 1.54) is 24.1 Å². The van der Waals surface area contributed by atoms with Gasteiger partial charge in [0.1, 0.15) is 11.4 Å². The van der Waals surface area contributed by atoms with Crippen LogP contribution in [0.4, 0.5) is 23.2 Å². The van der Waals surface area contributed by atoms with Gasteiger partial charge in [-0.05, 0) is 94.7 Å². The molecule has 13 heteroatoms. The maximum Gasteiger partial charge on any atom is 0.416 e. The minimum atomic E-state index is -4.53. The second-order valence-corrected chi connectivity index (χ2v) is 14.8. The van der Waals surface area contributed by atoms with Crippen molar-refractivity contribution in [2.75, 3.05) is 64.4 Å². The van der Waals surface area contributed by atoms with Crippen LogP contribution in [0.5, 0.6) is 5.75 Å². The Bertz CT molecular complexity index is 1550. The van der Waals surface area contributed by atoms with Gasteiger partial charge in [-0.1, -0.05) is 18.2 Å². The van der Waals surface area contributed by atoms with Crippen LogP contribution in [0.15, 0.2) is 42.5 Å². The molecule has 2 aromatic rings. The molecule has 5 rings (SSSR count). The summed E-state index contributed by atoms with van der Waals surface area (Å²) in [6, 6.07) is 10.7. The Hall–Kier alpha value is -3.87. The van der Waals surface area contributed by atoms with Crippen LogP contribution in [0.3, 0.4) is 0 Å². The van der Waals surface area contributed by atoms with Crippen LogP contribution in [-0.4, -0.2) is 98.4 Å². The van der Waals surface area contributed by atoms with Gasteiger partial charge in [0, 0.05) is 50.9 Å². The first-order chi connectivity index (χ1) is 24.0. The van der Waals surface area contributed by atoms with Crippen molar-refractivity contribution in [2.24, 2.45) is 5.92 Å². The quantitative estimate of drug-likeness (QED) is 0.219. The van der Waals surface area contributed by atoms with Crippen LogP contribution < -0.4 is 9.64 Å². The number of alkyl halides is 4. The monoisotopic (exact) mass is 719 g/mol. The zero-order chi connectivity index (χ0) is 37.1. The molecule has 0 aliphatic carbocycles. The Morgan fingerprint density at radius 2 is 1.57 bits per heavy atom. The Kier molecular flexibility index (Phi) is 11.6. The van der Waals surface area contributed by atoms with Crippen molar-refractivity contribution in [3.05, 3.63) is 59.2 Å². The molecule has 0 radical (unpaired) electrons.